The second kappa shape index (κ2) is 7.45. The maximum atomic E-state index is 5.77. The molecule has 3 N–H and O–H groups in total. The van der Waals surface area contributed by atoms with Crippen molar-refractivity contribution in [1.29, 1.82) is 0 Å². The third-order valence-electron chi connectivity index (χ3n) is 3.11. The number of hydrogen-bond donors (Lipinski definition) is 2. The third kappa shape index (κ3) is 3.67. The van der Waals surface area contributed by atoms with Crippen molar-refractivity contribution >= 4 is 0 Å². The number of benzene rings is 1. The molecular weight excluding hydrogens is 244 g/mol. The lowest BCUT2D eigenvalue weighted by Gasteiger charge is -2.31. The Balaban J connectivity index is 2.16. The van der Waals surface area contributed by atoms with Gasteiger partial charge in [-0.05, 0) is 12.5 Å². The van der Waals surface area contributed by atoms with E-state index in [0.717, 1.165) is 17.7 Å². The van der Waals surface area contributed by atoms with E-state index in [9.17, 15) is 0 Å². The maximum absolute atomic E-state index is 5.77. The second-order valence-corrected chi connectivity index (χ2v) is 4.51. The van der Waals surface area contributed by atoms with Gasteiger partial charge in [-0.25, -0.2) is 0 Å². The molecule has 2 atom stereocenters. The molecule has 1 fully saturated rings. The molecule has 1 saturated heterocycles. The van der Waals surface area contributed by atoms with Gasteiger partial charge in [0, 0.05) is 5.56 Å². The van der Waals surface area contributed by atoms with E-state index in [0.29, 0.717) is 26.4 Å². The lowest BCUT2D eigenvalue weighted by Crippen LogP contribution is -2.43. The topological polar surface area (TPSA) is 65.7 Å². The molecule has 2 unspecified atom stereocenters. The van der Waals surface area contributed by atoms with Crippen molar-refractivity contribution < 1.29 is 14.2 Å². The zero-order chi connectivity index (χ0) is 13.5. The number of nitrogens with one attached hydrogen (secondary N) is 1. The van der Waals surface area contributed by atoms with Crippen molar-refractivity contribution in [1.82, 2.24) is 5.43 Å². The summed E-state index contributed by atoms with van der Waals surface area (Å²) in [7, 11) is 0. The first-order valence-electron chi connectivity index (χ1n) is 6.74. The average Bonchev–Trinajstić information content (AvgIpc) is 2.48. The number of ether oxygens (including phenoxy) is 3. The van der Waals surface area contributed by atoms with Crippen LogP contribution in [0.15, 0.2) is 24.3 Å². The number of hydrazine groups is 1. The highest BCUT2D eigenvalue weighted by Crippen LogP contribution is 2.29. The molecule has 1 aliphatic heterocycles. The Kier molecular flexibility index (Phi) is 5.60. The van der Waals surface area contributed by atoms with Gasteiger partial charge in [-0.3, -0.25) is 11.3 Å². The van der Waals surface area contributed by atoms with Crippen LogP contribution in [-0.4, -0.2) is 32.5 Å². The fourth-order valence-corrected chi connectivity index (χ4v) is 2.18. The van der Waals surface area contributed by atoms with Crippen LogP contribution in [0.3, 0.4) is 0 Å². The van der Waals surface area contributed by atoms with E-state index in [1.165, 1.54) is 0 Å². The van der Waals surface area contributed by atoms with Gasteiger partial charge in [0.2, 0.25) is 0 Å². The van der Waals surface area contributed by atoms with E-state index < -0.39 is 0 Å². The molecule has 0 aromatic heterocycles. The Morgan fingerprint density at radius 2 is 2.26 bits per heavy atom. The van der Waals surface area contributed by atoms with Gasteiger partial charge in [0.15, 0.2) is 0 Å². The van der Waals surface area contributed by atoms with Crippen molar-refractivity contribution in [2.45, 2.75) is 25.5 Å². The SMILES string of the molecule is CCCOc1ccccc1C(NN)C1COCCO1. The first-order valence-corrected chi connectivity index (χ1v) is 6.74. The Morgan fingerprint density at radius 3 is 2.95 bits per heavy atom. The van der Waals surface area contributed by atoms with Gasteiger partial charge in [-0.2, -0.15) is 0 Å². The summed E-state index contributed by atoms with van der Waals surface area (Å²) in [6.45, 7) is 4.55. The molecule has 0 amide bonds. The maximum Gasteiger partial charge on any atom is 0.124 e. The van der Waals surface area contributed by atoms with Crippen molar-refractivity contribution in [3.63, 3.8) is 0 Å². The molecule has 0 radical (unpaired) electrons. The molecule has 106 valence electrons. The molecule has 19 heavy (non-hydrogen) atoms. The predicted octanol–water partition coefficient (Wildman–Crippen LogP) is 1.40. The molecule has 5 nitrogen and oxygen atoms in total. The Labute approximate surface area is 114 Å². The summed E-state index contributed by atoms with van der Waals surface area (Å²) in [5.74, 6) is 6.54. The fourth-order valence-electron chi connectivity index (χ4n) is 2.18. The number of rotatable bonds is 6. The van der Waals surface area contributed by atoms with Gasteiger partial charge in [0.25, 0.3) is 0 Å². The zero-order valence-electron chi connectivity index (χ0n) is 11.3. The normalized spacial score (nSPS) is 21.1. The van der Waals surface area contributed by atoms with Gasteiger partial charge in [0.1, 0.15) is 11.9 Å². The molecule has 1 aromatic rings. The van der Waals surface area contributed by atoms with E-state index >= 15 is 0 Å². The molecule has 2 rings (SSSR count). The Morgan fingerprint density at radius 1 is 1.42 bits per heavy atom. The van der Waals surface area contributed by atoms with Crippen LogP contribution in [0.25, 0.3) is 0 Å². The van der Waals surface area contributed by atoms with Crippen LogP contribution >= 0.6 is 0 Å². The highest BCUT2D eigenvalue weighted by Gasteiger charge is 2.27. The quantitative estimate of drug-likeness (QED) is 0.602. The molecule has 0 aliphatic carbocycles. The first kappa shape index (κ1) is 14.3. The fraction of sp³-hybridized carbons (Fsp3) is 0.571. The van der Waals surface area contributed by atoms with Gasteiger partial charge >= 0.3 is 0 Å². The van der Waals surface area contributed by atoms with Crippen molar-refractivity contribution in [2.24, 2.45) is 5.84 Å². The van der Waals surface area contributed by atoms with Crippen LogP contribution in [0, 0.1) is 0 Å². The van der Waals surface area contributed by atoms with Gasteiger partial charge in [0.05, 0.1) is 32.5 Å². The van der Waals surface area contributed by atoms with Crippen LogP contribution in [-0.2, 0) is 9.47 Å². The molecule has 1 aliphatic rings. The minimum Gasteiger partial charge on any atom is -0.493 e. The Hall–Kier alpha value is -1.14. The summed E-state index contributed by atoms with van der Waals surface area (Å²) in [4.78, 5) is 0. The van der Waals surface area contributed by atoms with Crippen molar-refractivity contribution in [2.75, 3.05) is 26.4 Å². The molecule has 1 heterocycles. The Bertz CT molecular complexity index is 381. The lowest BCUT2D eigenvalue weighted by molar-refractivity contribution is -0.102. The van der Waals surface area contributed by atoms with E-state index in [1.807, 2.05) is 24.3 Å². The summed E-state index contributed by atoms with van der Waals surface area (Å²) >= 11 is 0. The zero-order valence-corrected chi connectivity index (χ0v) is 11.3. The highest BCUT2D eigenvalue weighted by molar-refractivity contribution is 5.36. The smallest absolute Gasteiger partial charge is 0.124 e. The van der Waals surface area contributed by atoms with Gasteiger partial charge in [-0.15, -0.1) is 0 Å². The molecular formula is C14H22N2O3. The second-order valence-electron chi connectivity index (χ2n) is 4.51. The molecule has 5 heteroatoms. The van der Waals surface area contributed by atoms with Crippen molar-refractivity contribution in [3.8, 4) is 5.75 Å². The van der Waals surface area contributed by atoms with Crippen LogP contribution in [0.2, 0.25) is 0 Å². The standard InChI is InChI=1S/C14H22N2O3/c1-2-7-18-12-6-4-3-5-11(12)14(16-15)13-10-17-8-9-19-13/h3-6,13-14,16H,2,7-10,15H2,1H3. The van der Waals surface area contributed by atoms with E-state index in [4.69, 9.17) is 20.1 Å². The molecule has 0 spiro atoms. The largest absolute Gasteiger partial charge is 0.493 e. The van der Waals surface area contributed by atoms with E-state index in [1.54, 1.807) is 0 Å². The minimum absolute atomic E-state index is 0.0925. The third-order valence-corrected chi connectivity index (χ3v) is 3.11. The van der Waals surface area contributed by atoms with Crippen LogP contribution in [0.1, 0.15) is 24.9 Å². The lowest BCUT2D eigenvalue weighted by atomic mass is 10.0. The van der Waals surface area contributed by atoms with Crippen LogP contribution in [0.4, 0.5) is 0 Å². The summed E-state index contributed by atoms with van der Waals surface area (Å²) < 4.78 is 16.9. The summed E-state index contributed by atoms with van der Waals surface area (Å²) in [5.41, 5.74) is 3.83. The van der Waals surface area contributed by atoms with E-state index in [-0.39, 0.29) is 12.1 Å². The number of hydrogen-bond acceptors (Lipinski definition) is 5. The number of nitrogens with two attached hydrogens (primary N) is 1. The number of para-hydroxylation sites is 1. The summed E-state index contributed by atoms with van der Waals surface area (Å²) in [5, 5.41) is 0. The predicted molar refractivity (Wildman–Crippen MR) is 72.9 cm³/mol. The first-order chi connectivity index (χ1) is 9.36. The molecule has 1 aromatic carbocycles. The summed E-state index contributed by atoms with van der Waals surface area (Å²) in [6, 6.07) is 7.77. The summed E-state index contributed by atoms with van der Waals surface area (Å²) in [6.07, 6.45) is 0.878. The monoisotopic (exact) mass is 266 g/mol. The molecule has 0 bridgehead atoms. The average molecular weight is 266 g/mol. The van der Waals surface area contributed by atoms with Gasteiger partial charge < -0.3 is 14.2 Å². The van der Waals surface area contributed by atoms with Crippen LogP contribution in [0.5, 0.6) is 5.75 Å². The minimum atomic E-state index is -0.131. The molecule has 0 saturated carbocycles. The van der Waals surface area contributed by atoms with E-state index in [2.05, 4.69) is 12.3 Å². The van der Waals surface area contributed by atoms with Gasteiger partial charge in [-0.1, -0.05) is 25.1 Å². The van der Waals surface area contributed by atoms with Crippen molar-refractivity contribution in [3.05, 3.63) is 29.8 Å². The van der Waals surface area contributed by atoms with Crippen LogP contribution < -0.4 is 16.0 Å². The highest BCUT2D eigenvalue weighted by atomic mass is 16.6.